The Morgan fingerprint density at radius 1 is 0.892 bits per heavy atom. The van der Waals surface area contributed by atoms with Gasteiger partial charge < -0.3 is 4.74 Å². The highest BCUT2D eigenvalue weighted by atomic mass is 17.1. The molecule has 5 heteroatoms. The predicted octanol–water partition coefficient (Wildman–Crippen LogP) is 7.32. The number of carbonyl (C=O) groups excluding carboxylic acids is 2. The molecule has 0 radical (unpaired) electrons. The lowest BCUT2D eigenvalue weighted by Gasteiger charge is -2.74. The van der Waals surface area contributed by atoms with Crippen LogP contribution in [0.25, 0.3) is 0 Å². The number of carbonyl (C=O) groups is 2. The van der Waals surface area contributed by atoms with Gasteiger partial charge in [-0.25, -0.2) is 4.89 Å². The Balaban J connectivity index is 1.61. The van der Waals surface area contributed by atoms with Gasteiger partial charge in [-0.1, -0.05) is 55.4 Å². The summed E-state index contributed by atoms with van der Waals surface area (Å²) in [6.45, 7) is 20.4. The maximum atomic E-state index is 14.7. The quantitative estimate of drug-likeness (QED) is 0.236. The summed E-state index contributed by atoms with van der Waals surface area (Å²) in [4.78, 5) is 32.0. The van der Waals surface area contributed by atoms with Gasteiger partial charge in [0.05, 0.1) is 0 Å². The number of ether oxygens (including phenoxy) is 1. The van der Waals surface area contributed by atoms with Crippen molar-refractivity contribution >= 4 is 11.8 Å². The molecule has 0 aromatic carbocycles. The van der Waals surface area contributed by atoms with Crippen molar-refractivity contribution in [2.24, 2.45) is 62.6 Å². The van der Waals surface area contributed by atoms with E-state index in [4.69, 9.17) is 9.62 Å². The second-order valence-corrected chi connectivity index (χ2v) is 15.8. The molecule has 5 rings (SSSR count). The molecular weight excluding hydrogens is 464 g/mol. The molecule has 12 atom stereocenters. The van der Waals surface area contributed by atoms with Crippen LogP contribution < -0.4 is 0 Å². The number of esters is 1. The molecule has 210 valence electrons. The van der Waals surface area contributed by atoms with E-state index >= 15 is 0 Å². The summed E-state index contributed by atoms with van der Waals surface area (Å²) in [6.07, 6.45) is 7.51. The highest BCUT2D eigenvalue weighted by Gasteiger charge is 2.75. The number of ketones is 1. The molecule has 37 heavy (non-hydrogen) atoms. The van der Waals surface area contributed by atoms with Crippen molar-refractivity contribution in [2.45, 2.75) is 126 Å². The van der Waals surface area contributed by atoms with Gasteiger partial charge in [-0.15, -0.1) is 0 Å². The van der Waals surface area contributed by atoms with Gasteiger partial charge in [0.15, 0.2) is 11.9 Å². The van der Waals surface area contributed by atoms with Crippen LogP contribution in [-0.2, 0) is 19.2 Å². The summed E-state index contributed by atoms with van der Waals surface area (Å²) >= 11 is 0. The van der Waals surface area contributed by atoms with Gasteiger partial charge in [0.2, 0.25) is 0 Å². The lowest BCUT2D eigenvalue weighted by Crippen LogP contribution is -2.73. The SMILES string of the molecule is CC(=O)O[C@H]1CC[C@]2(C)[C@H]3[C@H](OO)C(=O)[C@H]4[C@@H]5[C@@H](C)[C@H](C)CC[C@]5(C)CC[C@@]4(C)[C@]3(C)CC[C@H]2C1(C)C. The summed E-state index contributed by atoms with van der Waals surface area (Å²) in [5.74, 6) is 1.51. The van der Waals surface area contributed by atoms with Gasteiger partial charge in [0.25, 0.3) is 0 Å². The largest absolute Gasteiger partial charge is 0.462 e. The van der Waals surface area contributed by atoms with Crippen LogP contribution in [0.15, 0.2) is 0 Å². The van der Waals surface area contributed by atoms with Crippen LogP contribution >= 0.6 is 0 Å². The molecular formula is C32H52O5. The van der Waals surface area contributed by atoms with Gasteiger partial charge in [0, 0.05) is 24.2 Å². The summed E-state index contributed by atoms with van der Waals surface area (Å²) in [5.41, 5.74) is -0.448. The van der Waals surface area contributed by atoms with Crippen LogP contribution in [0, 0.1) is 62.6 Å². The van der Waals surface area contributed by atoms with Crippen molar-refractivity contribution in [2.75, 3.05) is 0 Å². The van der Waals surface area contributed by atoms with Crippen molar-refractivity contribution in [3.63, 3.8) is 0 Å². The number of hydrogen-bond donors (Lipinski definition) is 1. The van der Waals surface area contributed by atoms with E-state index in [1.807, 2.05) is 0 Å². The first-order valence-corrected chi connectivity index (χ1v) is 15.1. The van der Waals surface area contributed by atoms with E-state index in [0.29, 0.717) is 17.8 Å². The van der Waals surface area contributed by atoms with E-state index in [2.05, 4.69) is 55.4 Å². The molecule has 0 aromatic heterocycles. The molecule has 0 saturated heterocycles. The van der Waals surface area contributed by atoms with Crippen LogP contribution in [0.1, 0.15) is 114 Å². The van der Waals surface area contributed by atoms with Crippen molar-refractivity contribution in [1.29, 1.82) is 0 Å². The van der Waals surface area contributed by atoms with Crippen LogP contribution in [0.4, 0.5) is 0 Å². The van der Waals surface area contributed by atoms with Crippen molar-refractivity contribution in [1.82, 2.24) is 0 Å². The Hall–Kier alpha value is -0.940. The lowest BCUT2D eigenvalue weighted by atomic mass is 9.30. The fourth-order valence-corrected chi connectivity index (χ4v) is 11.9. The van der Waals surface area contributed by atoms with Crippen molar-refractivity contribution in [3.05, 3.63) is 0 Å². The average Bonchev–Trinajstić information content (AvgIpc) is 2.81. The maximum Gasteiger partial charge on any atom is 0.302 e. The monoisotopic (exact) mass is 516 g/mol. The highest BCUT2D eigenvalue weighted by molar-refractivity contribution is 5.88. The van der Waals surface area contributed by atoms with Crippen LogP contribution in [0.5, 0.6) is 0 Å². The third-order valence-corrected chi connectivity index (χ3v) is 14.1. The third kappa shape index (κ3) is 3.47. The summed E-state index contributed by atoms with van der Waals surface area (Å²) in [6, 6.07) is 0. The first-order valence-electron chi connectivity index (χ1n) is 15.1. The van der Waals surface area contributed by atoms with Crippen molar-refractivity contribution < 1.29 is 24.5 Å². The standard InChI is InChI=1S/C32H52O5/c1-18-10-13-29(6)16-17-31(8)24(23(29)19(18)2)25(34)26(37-35)27-30(7)14-12-22(36-20(3)33)28(4,5)21(30)11-15-32(27,31)9/h18-19,21-24,26-27,35H,10-17H2,1-9H3/t18-,19+,21+,22+,23+,24-,26-,27-,29-,30+,31-,32-/m1/s1. The second kappa shape index (κ2) is 8.53. The molecule has 0 bridgehead atoms. The van der Waals surface area contributed by atoms with E-state index in [0.717, 1.165) is 32.1 Å². The molecule has 0 amide bonds. The molecule has 5 saturated carbocycles. The molecule has 0 unspecified atom stereocenters. The molecule has 0 heterocycles. The summed E-state index contributed by atoms with van der Waals surface area (Å²) in [5, 5.41) is 10.5. The zero-order valence-electron chi connectivity index (χ0n) is 24.9. The molecule has 0 aromatic rings. The highest BCUT2D eigenvalue weighted by Crippen LogP contribution is 2.76. The molecule has 5 fully saturated rings. The number of Topliss-reactive ketones (excluding diaryl/α,β-unsaturated/α-hetero) is 1. The topological polar surface area (TPSA) is 72.8 Å². The molecule has 0 spiro atoms. The minimum atomic E-state index is -0.788. The number of rotatable bonds is 2. The second-order valence-electron chi connectivity index (χ2n) is 15.8. The zero-order valence-corrected chi connectivity index (χ0v) is 24.9. The van der Waals surface area contributed by atoms with Gasteiger partial charge in [-0.3, -0.25) is 14.8 Å². The maximum absolute atomic E-state index is 14.7. The Bertz CT molecular complexity index is 959. The molecule has 0 aliphatic heterocycles. The van der Waals surface area contributed by atoms with Gasteiger partial charge in [-0.05, 0) is 96.7 Å². The van der Waals surface area contributed by atoms with E-state index in [9.17, 15) is 14.8 Å². The lowest BCUT2D eigenvalue weighted by molar-refractivity contribution is -0.341. The molecule has 1 N–H and O–H groups in total. The number of hydrogen-bond acceptors (Lipinski definition) is 5. The summed E-state index contributed by atoms with van der Waals surface area (Å²) in [7, 11) is 0. The predicted molar refractivity (Wildman–Crippen MR) is 143 cm³/mol. The zero-order chi connectivity index (χ0) is 27.3. The Kier molecular flexibility index (Phi) is 6.37. The van der Waals surface area contributed by atoms with Gasteiger partial charge >= 0.3 is 5.97 Å². The van der Waals surface area contributed by atoms with E-state index in [1.165, 1.54) is 26.2 Å². The Labute approximate surface area is 224 Å². The van der Waals surface area contributed by atoms with Crippen LogP contribution in [-0.4, -0.2) is 29.2 Å². The van der Waals surface area contributed by atoms with E-state index in [-0.39, 0.29) is 62.7 Å². The summed E-state index contributed by atoms with van der Waals surface area (Å²) < 4.78 is 5.85. The van der Waals surface area contributed by atoms with Crippen LogP contribution in [0.2, 0.25) is 0 Å². The molecule has 5 nitrogen and oxygen atoms in total. The first kappa shape index (κ1) is 27.6. The first-order chi connectivity index (χ1) is 17.1. The number of fused-ring (bicyclic) bond motifs is 7. The Morgan fingerprint density at radius 3 is 2.19 bits per heavy atom. The average molecular weight is 517 g/mol. The third-order valence-electron chi connectivity index (χ3n) is 14.1. The normalized spacial score (nSPS) is 54.8. The molecule has 5 aliphatic rings. The minimum absolute atomic E-state index is 0.0595. The minimum Gasteiger partial charge on any atom is -0.462 e. The van der Waals surface area contributed by atoms with Crippen LogP contribution in [0.3, 0.4) is 0 Å². The Morgan fingerprint density at radius 2 is 1.57 bits per heavy atom. The van der Waals surface area contributed by atoms with E-state index in [1.54, 1.807) is 0 Å². The van der Waals surface area contributed by atoms with Gasteiger partial charge in [-0.2, -0.15) is 0 Å². The fourth-order valence-electron chi connectivity index (χ4n) is 11.9. The molecule has 5 aliphatic carbocycles. The van der Waals surface area contributed by atoms with E-state index < -0.39 is 6.10 Å². The smallest absolute Gasteiger partial charge is 0.302 e. The fraction of sp³-hybridized carbons (Fsp3) is 0.938. The van der Waals surface area contributed by atoms with Gasteiger partial charge in [0.1, 0.15) is 6.10 Å². The van der Waals surface area contributed by atoms with Crippen molar-refractivity contribution in [3.8, 4) is 0 Å².